The number of aryl methyl sites for hydroxylation is 1. The van der Waals surface area contributed by atoms with Crippen molar-refractivity contribution in [1.29, 1.82) is 0 Å². The van der Waals surface area contributed by atoms with Crippen molar-refractivity contribution < 1.29 is 14.0 Å². The highest BCUT2D eigenvalue weighted by atomic mass is 19.1. The highest BCUT2D eigenvalue weighted by molar-refractivity contribution is 5.99. The zero-order valence-electron chi connectivity index (χ0n) is 13.4. The molecule has 2 amide bonds. The second-order valence-electron chi connectivity index (χ2n) is 5.35. The van der Waals surface area contributed by atoms with E-state index in [0.29, 0.717) is 11.3 Å². The molecule has 0 aliphatic rings. The van der Waals surface area contributed by atoms with Crippen molar-refractivity contribution in [2.24, 2.45) is 0 Å². The molecule has 3 aromatic rings. The first-order chi connectivity index (χ1) is 12.0. The third-order valence-corrected chi connectivity index (χ3v) is 3.59. The number of nitrogens with one attached hydrogen (secondary N) is 2. The molecule has 3 rings (SSSR count). The Morgan fingerprint density at radius 2 is 1.64 bits per heavy atom. The molecular weight excluding hydrogens is 323 g/mol. The van der Waals surface area contributed by atoms with Crippen LogP contribution in [-0.4, -0.2) is 21.6 Å². The van der Waals surface area contributed by atoms with E-state index in [1.165, 1.54) is 22.9 Å². The molecule has 7 heteroatoms. The molecule has 0 bridgehead atoms. The van der Waals surface area contributed by atoms with E-state index in [-0.39, 0.29) is 11.5 Å². The number of benzene rings is 2. The molecule has 1 heterocycles. The summed E-state index contributed by atoms with van der Waals surface area (Å²) in [6.07, 6.45) is 1.57. The van der Waals surface area contributed by atoms with Crippen LogP contribution in [0.3, 0.4) is 0 Å². The van der Waals surface area contributed by atoms with E-state index in [0.717, 1.165) is 5.56 Å². The molecule has 0 unspecified atom stereocenters. The van der Waals surface area contributed by atoms with Gasteiger partial charge in [0, 0.05) is 11.8 Å². The molecule has 1 aromatic heterocycles. The number of carbonyl (C=O) groups is 2. The quantitative estimate of drug-likeness (QED) is 0.720. The Hall–Kier alpha value is -3.48. The van der Waals surface area contributed by atoms with E-state index in [1.54, 1.807) is 43.5 Å². The van der Waals surface area contributed by atoms with Crippen LogP contribution >= 0.6 is 0 Å². The predicted octanol–water partition coefficient (Wildman–Crippen LogP) is 2.39. The molecule has 0 radical (unpaired) electrons. The number of aromatic nitrogens is 2. The Labute approximate surface area is 143 Å². The Morgan fingerprint density at radius 3 is 2.36 bits per heavy atom. The van der Waals surface area contributed by atoms with Crippen LogP contribution in [-0.2, 0) is 0 Å². The third kappa shape index (κ3) is 3.72. The lowest BCUT2D eigenvalue weighted by molar-refractivity contribution is 0.0843. The summed E-state index contributed by atoms with van der Waals surface area (Å²) in [6, 6.07) is 14.2. The Bertz CT molecular complexity index is 919. The summed E-state index contributed by atoms with van der Waals surface area (Å²) >= 11 is 0. The van der Waals surface area contributed by atoms with E-state index < -0.39 is 11.8 Å². The summed E-state index contributed by atoms with van der Waals surface area (Å²) in [7, 11) is 0. The van der Waals surface area contributed by atoms with Crippen LogP contribution in [0.4, 0.5) is 4.39 Å². The highest BCUT2D eigenvalue weighted by Gasteiger charge is 2.13. The van der Waals surface area contributed by atoms with Crippen molar-refractivity contribution in [2.45, 2.75) is 6.92 Å². The average Bonchev–Trinajstić information content (AvgIpc) is 3.10. The Balaban J connectivity index is 1.65. The Morgan fingerprint density at radius 1 is 0.960 bits per heavy atom. The summed E-state index contributed by atoms with van der Waals surface area (Å²) < 4.78 is 14.4. The van der Waals surface area contributed by atoms with Gasteiger partial charge in [0.1, 0.15) is 5.82 Å². The van der Waals surface area contributed by atoms with Crippen LogP contribution < -0.4 is 10.9 Å². The van der Waals surface area contributed by atoms with Crippen LogP contribution in [0.25, 0.3) is 5.69 Å². The summed E-state index contributed by atoms with van der Waals surface area (Å²) in [5, 5.41) is 4.11. The molecule has 0 saturated heterocycles. The van der Waals surface area contributed by atoms with Gasteiger partial charge in [-0.25, -0.2) is 9.07 Å². The van der Waals surface area contributed by atoms with Crippen LogP contribution in [0.15, 0.2) is 60.8 Å². The zero-order valence-corrected chi connectivity index (χ0v) is 13.4. The van der Waals surface area contributed by atoms with Gasteiger partial charge in [0.25, 0.3) is 11.8 Å². The van der Waals surface area contributed by atoms with Gasteiger partial charge in [-0.15, -0.1) is 0 Å². The Kier molecular flexibility index (Phi) is 4.56. The smallest absolute Gasteiger partial charge is 0.267 e. The molecule has 2 aromatic carbocycles. The minimum atomic E-state index is -0.553. The zero-order chi connectivity index (χ0) is 17.8. The first-order valence-electron chi connectivity index (χ1n) is 7.52. The van der Waals surface area contributed by atoms with Gasteiger partial charge in [-0.2, -0.15) is 5.10 Å². The molecule has 0 spiro atoms. The fraction of sp³-hybridized carbons (Fsp3) is 0.0556. The number of amides is 2. The van der Waals surface area contributed by atoms with Crippen molar-refractivity contribution in [2.75, 3.05) is 0 Å². The number of halogens is 1. The topological polar surface area (TPSA) is 76.0 Å². The highest BCUT2D eigenvalue weighted by Crippen LogP contribution is 2.09. The van der Waals surface area contributed by atoms with Gasteiger partial charge in [0.15, 0.2) is 5.69 Å². The lowest BCUT2D eigenvalue weighted by atomic mass is 10.1. The third-order valence-electron chi connectivity index (χ3n) is 3.59. The molecule has 126 valence electrons. The molecule has 25 heavy (non-hydrogen) atoms. The number of rotatable bonds is 3. The van der Waals surface area contributed by atoms with Crippen LogP contribution in [0.2, 0.25) is 0 Å². The normalized spacial score (nSPS) is 10.3. The summed E-state index contributed by atoms with van der Waals surface area (Å²) in [6.45, 7) is 1.81. The summed E-state index contributed by atoms with van der Waals surface area (Å²) in [5.74, 6) is -1.32. The first kappa shape index (κ1) is 16.4. The number of hydrogen-bond donors (Lipinski definition) is 2. The van der Waals surface area contributed by atoms with Gasteiger partial charge in [0.2, 0.25) is 0 Å². The minimum Gasteiger partial charge on any atom is -0.267 e. The van der Waals surface area contributed by atoms with E-state index in [1.807, 2.05) is 6.07 Å². The van der Waals surface area contributed by atoms with E-state index in [9.17, 15) is 14.0 Å². The molecule has 0 aliphatic heterocycles. The average molecular weight is 338 g/mol. The molecule has 0 aliphatic carbocycles. The summed E-state index contributed by atoms with van der Waals surface area (Å²) in [4.78, 5) is 24.2. The molecule has 0 saturated carbocycles. The van der Waals surface area contributed by atoms with E-state index in [4.69, 9.17) is 0 Å². The SMILES string of the molecule is Cc1ccccc1C(=O)NNC(=O)c1ccn(-c2ccc(F)cc2)n1. The van der Waals surface area contributed by atoms with Crippen LogP contribution in [0, 0.1) is 12.7 Å². The van der Waals surface area contributed by atoms with Crippen molar-refractivity contribution in [3.8, 4) is 5.69 Å². The molecular formula is C18H15FN4O2. The van der Waals surface area contributed by atoms with E-state index in [2.05, 4.69) is 16.0 Å². The first-order valence-corrected chi connectivity index (χ1v) is 7.52. The van der Waals surface area contributed by atoms with Gasteiger partial charge in [-0.3, -0.25) is 20.4 Å². The van der Waals surface area contributed by atoms with E-state index >= 15 is 0 Å². The standard InChI is InChI=1S/C18H15FN4O2/c1-12-4-2-3-5-15(12)17(24)20-21-18(25)16-10-11-23(22-16)14-8-6-13(19)7-9-14/h2-11H,1H3,(H,20,24)(H,21,25). The number of carbonyl (C=O) groups excluding carboxylic acids is 2. The second kappa shape index (κ2) is 6.96. The lowest BCUT2D eigenvalue weighted by Gasteiger charge is -2.08. The predicted molar refractivity (Wildman–Crippen MR) is 89.6 cm³/mol. The number of hydrogen-bond acceptors (Lipinski definition) is 3. The van der Waals surface area contributed by atoms with Crippen LogP contribution in [0.5, 0.6) is 0 Å². The monoisotopic (exact) mass is 338 g/mol. The fourth-order valence-corrected chi connectivity index (χ4v) is 2.26. The largest absolute Gasteiger partial charge is 0.290 e. The van der Waals surface area contributed by atoms with Crippen molar-refractivity contribution in [3.63, 3.8) is 0 Å². The lowest BCUT2D eigenvalue weighted by Crippen LogP contribution is -2.42. The van der Waals surface area contributed by atoms with Gasteiger partial charge >= 0.3 is 0 Å². The molecule has 0 fully saturated rings. The maximum atomic E-state index is 12.9. The number of nitrogens with zero attached hydrogens (tertiary/aromatic N) is 2. The minimum absolute atomic E-state index is 0.120. The van der Waals surface area contributed by atoms with Crippen LogP contribution in [0.1, 0.15) is 26.4 Å². The number of hydrazine groups is 1. The molecule has 0 atom stereocenters. The summed E-state index contributed by atoms with van der Waals surface area (Å²) in [5.41, 5.74) is 6.69. The maximum absolute atomic E-state index is 12.9. The van der Waals surface area contributed by atoms with Crippen molar-refractivity contribution >= 4 is 11.8 Å². The van der Waals surface area contributed by atoms with Gasteiger partial charge in [-0.1, -0.05) is 18.2 Å². The molecule has 2 N–H and O–H groups in total. The van der Waals surface area contributed by atoms with Gasteiger partial charge < -0.3 is 0 Å². The van der Waals surface area contributed by atoms with Gasteiger partial charge in [0.05, 0.1) is 5.69 Å². The maximum Gasteiger partial charge on any atom is 0.290 e. The molecule has 6 nitrogen and oxygen atoms in total. The van der Waals surface area contributed by atoms with Crippen molar-refractivity contribution in [3.05, 3.63) is 83.4 Å². The second-order valence-corrected chi connectivity index (χ2v) is 5.35. The van der Waals surface area contributed by atoms with Crippen molar-refractivity contribution in [1.82, 2.24) is 20.6 Å². The fourth-order valence-electron chi connectivity index (χ4n) is 2.26. The van der Waals surface area contributed by atoms with Gasteiger partial charge in [-0.05, 0) is 48.9 Å².